The van der Waals surface area contributed by atoms with Crippen LogP contribution in [0, 0.1) is 6.92 Å². The van der Waals surface area contributed by atoms with Gasteiger partial charge in [0.1, 0.15) is 18.3 Å². The van der Waals surface area contributed by atoms with Crippen molar-refractivity contribution < 1.29 is 26.3 Å². The van der Waals surface area contributed by atoms with Crippen molar-refractivity contribution in [1.82, 2.24) is 33.6 Å². The Kier molecular flexibility index (Phi) is 5.16. The lowest BCUT2D eigenvalue weighted by atomic mass is 10.2. The molecule has 1 aliphatic rings. The molecule has 4 rings (SSSR count). The lowest BCUT2D eigenvalue weighted by molar-refractivity contribution is -0.0485. The van der Waals surface area contributed by atoms with Crippen molar-refractivity contribution in [2.45, 2.75) is 38.4 Å². The topological polar surface area (TPSA) is 108 Å². The van der Waals surface area contributed by atoms with Crippen molar-refractivity contribution in [3.8, 4) is 17.3 Å². The molecule has 0 saturated carbocycles. The smallest absolute Gasteiger partial charge is 0.471 e. The monoisotopic (exact) mass is 459 g/mol. The van der Waals surface area contributed by atoms with Crippen LogP contribution in [0.3, 0.4) is 0 Å². The maximum absolute atomic E-state index is 12.8. The van der Waals surface area contributed by atoms with E-state index in [9.17, 15) is 21.6 Å². The highest BCUT2D eigenvalue weighted by Gasteiger charge is 2.52. The lowest BCUT2D eigenvalue weighted by Crippen LogP contribution is -2.40. The molecule has 0 N–H and O–H groups in total. The first kappa shape index (κ1) is 21.5. The molecule has 168 valence electrons. The zero-order valence-corrected chi connectivity index (χ0v) is 17.8. The Morgan fingerprint density at radius 3 is 2.68 bits per heavy atom. The van der Waals surface area contributed by atoms with Crippen LogP contribution in [0.1, 0.15) is 19.0 Å². The van der Waals surface area contributed by atoms with Crippen LogP contribution in [0.5, 0.6) is 5.88 Å². The van der Waals surface area contributed by atoms with Gasteiger partial charge in [-0.25, -0.2) is 18.4 Å². The highest BCUT2D eigenvalue weighted by atomic mass is 32.2. The molecule has 0 spiro atoms. The van der Waals surface area contributed by atoms with Crippen LogP contribution in [0.25, 0.3) is 22.6 Å². The molecule has 1 fully saturated rings. The predicted molar refractivity (Wildman–Crippen MR) is 104 cm³/mol. The molecule has 31 heavy (non-hydrogen) atoms. The number of fused-ring (bicyclic) bond motifs is 1. The minimum Gasteiger partial charge on any atom is -0.471 e. The number of aryl methyl sites for hydroxylation is 2. The van der Waals surface area contributed by atoms with Crippen molar-refractivity contribution in [1.29, 1.82) is 0 Å². The summed E-state index contributed by atoms with van der Waals surface area (Å²) in [5, 5.41) is 4.32. The molecular weight excluding hydrogens is 439 g/mol. The molecule has 1 unspecified atom stereocenters. The van der Waals surface area contributed by atoms with E-state index in [1.807, 2.05) is 18.5 Å². The molecule has 0 amide bonds. The second-order valence-electron chi connectivity index (χ2n) is 7.14. The molecule has 14 heteroatoms. The highest BCUT2D eigenvalue weighted by molar-refractivity contribution is 7.90. The lowest BCUT2D eigenvalue weighted by Gasteiger charge is -2.18. The summed E-state index contributed by atoms with van der Waals surface area (Å²) in [6, 6.07) is 0. The van der Waals surface area contributed by atoms with E-state index < -0.39 is 28.2 Å². The van der Waals surface area contributed by atoms with Gasteiger partial charge in [0.25, 0.3) is 0 Å². The van der Waals surface area contributed by atoms with Gasteiger partial charge >= 0.3 is 15.5 Å². The second-order valence-corrected chi connectivity index (χ2v) is 9.07. The van der Waals surface area contributed by atoms with Crippen molar-refractivity contribution in [2.24, 2.45) is 7.05 Å². The molecule has 3 aromatic heterocycles. The van der Waals surface area contributed by atoms with Crippen LogP contribution >= 0.6 is 0 Å². The number of alkyl halides is 3. The Hall–Kier alpha value is -2.74. The predicted octanol–water partition coefficient (Wildman–Crippen LogP) is 1.86. The largest absolute Gasteiger partial charge is 0.511 e. The first-order valence-corrected chi connectivity index (χ1v) is 10.9. The van der Waals surface area contributed by atoms with Crippen molar-refractivity contribution in [3.63, 3.8) is 0 Å². The van der Waals surface area contributed by atoms with Gasteiger partial charge in [0.15, 0.2) is 11.2 Å². The summed E-state index contributed by atoms with van der Waals surface area (Å²) in [7, 11) is -3.62. The highest BCUT2D eigenvalue weighted by Crippen LogP contribution is 2.32. The quantitative estimate of drug-likeness (QED) is 0.573. The van der Waals surface area contributed by atoms with Gasteiger partial charge < -0.3 is 9.30 Å². The van der Waals surface area contributed by atoms with Gasteiger partial charge in [-0.2, -0.15) is 27.6 Å². The third kappa shape index (κ3) is 3.52. The van der Waals surface area contributed by atoms with E-state index in [1.54, 1.807) is 17.8 Å². The molecule has 10 nitrogen and oxygen atoms in total. The number of nitrogens with zero attached hydrogens (tertiary/aromatic N) is 7. The zero-order valence-electron chi connectivity index (χ0n) is 17.0. The number of imidazole rings is 1. The normalized spacial score (nSPS) is 18.2. The van der Waals surface area contributed by atoms with Crippen molar-refractivity contribution in [3.05, 3.63) is 18.2 Å². The molecule has 0 radical (unpaired) electrons. The first-order chi connectivity index (χ1) is 14.5. The van der Waals surface area contributed by atoms with Crippen LogP contribution < -0.4 is 4.74 Å². The molecular formula is C17H20F3N7O3S. The molecule has 0 bridgehead atoms. The standard InChI is InChI=1S/C17H20F3N7O3S/c1-4-27-10(2)12(7-23-27)14-24-13-15(25(14)3)21-9-22-16(13)30-11-5-6-26(8-11)31(28,29)17(18,19)20/h7,9,11H,4-6,8H2,1-3H3. The molecule has 1 atom stereocenters. The molecule has 0 aliphatic carbocycles. The number of hydrogen-bond acceptors (Lipinski definition) is 7. The Morgan fingerprint density at radius 1 is 1.29 bits per heavy atom. The van der Waals surface area contributed by atoms with Gasteiger partial charge in [0.05, 0.1) is 18.3 Å². The molecule has 0 aromatic carbocycles. The summed E-state index contributed by atoms with van der Waals surface area (Å²) in [5.41, 5.74) is -2.82. The van der Waals surface area contributed by atoms with Crippen molar-refractivity contribution >= 4 is 21.2 Å². The van der Waals surface area contributed by atoms with Crippen LogP contribution in [-0.2, 0) is 23.6 Å². The van der Waals surface area contributed by atoms with E-state index in [4.69, 9.17) is 4.74 Å². The zero-order chi connectivity index (χ0) is 22.6. The Labute approximate surface area is 175 Å². The maximum atomic E-state index is 12.8. The van der Waals surface area contributed by atoms with E-state index in [1.165, 1.54) is 6.33 Å². The van der Waals surface area contributed by atoms with E-state index in [-0.39, 0.29) is 18.8 Å². The fourth-order valence-corrected chi connectivity index (χ4v) is 4.61. The minimum atomic E-state index is -5.40. The van der Waals surface area contributed by atoms with E-state index >= 15 is 0 Å². The Morgan fingerprint density at radius 2 is 2.03 bits per heavy atom. The number of halogens is 3. The number of ether oxygens (including phenoxy) is 1. The summed E-state index contributed by atoms with van der Waals surface area (Å²) in [6.07, 6.45) is 2.28. The number of sulfonamides is 1. The van der Waals surface area contributed by atoms with E-state index in [2.05, 4.69) is 20.1 Å². The first-order valence-electron chi connectivity index (χ1n) is 9.47. The molecule has 1 saturated heterocycles. The van der Waals surface area contributed by atoms with E-state index in [0.29, 0.717) is 27.8 Å². The maximum Gasteiger partial charge on any atom is 0.511 e. The summed E-state index contributed by atoms with van der Waals surface area (Å²) in [5.74, 6) is 0.675. The molecule has 3 aromatic rings. The summed E-state index contributed by atoms with van der Waals surface area (Å²) in [4.78, 5) is 12.9. The van der Waals surface area contributed by atoms with Gasteiger partial charge in [-0.05, 0) is 20.3 Å². The van der Waals surface area contributed by atoms with Gasteiger partial charge in [-0.3, -0.25) is 4.68 Å². The third-order valence-electron chi connectivity index (χ3n) is 5.28. The van der Waals surface area contributed by atoms with Gasteiger partial charge in [0.2, 0.25) is 5.88 Å². The number of aromatic nitrogens is 6. The van der Waals surface area contributed by atoms with Crippen LogP contribution in [0.4, 0.5) is 13.2 Å². The van der Waals surface area contributed by atoms with E-state index in [0.717, 1.165) is 11.3 Å². The van der Waals surface area contributed by atoms with Crippen molar-refractivity contribution in [2.75, 3.05) is 13.1 Å². The SMILES string of the molecule is CCn1ncc(-c2nc3c(OC4CCN(S(=O)(=O)C(F)(F)F)C4)ncnc3n2C)c1C. The average Bonchev–Trinajstić information content (AvgIpc) is 3.40. The van der Waals surface area contributed by atoms with Crippen LogP contribution in [0.15, 0.2) is 12.5 Å². The fraction of sp³-hybridized carbons (Fsp3) is 0.529. The Balaban J connectivity index is 1.63. The molecule has 1 aliphatic heterocycles. The number of hydrogen-bond donors (Lipinski definition) is 0. The van der Waals surface area contributed by atoms with Gasteiger partial charge in [-0.15, -0.1) is 0 Å². The molecule has 4 heterocycles. The van der Waals surface area contributed by atoms with Crippen LogP contribution in [-0.4, -0.2) is 66.7 Å². The second kappa shape index (κ2) is 7.44. The Bertz CT molecular complexity index is 1240. The minimum absolute atomic E-state index is 0.0867. The summed E-state index contributed by atoms with van der Waals surface area (Å²) >= 11 is 0. The number of rotatable bonds is 5. The third-order valence-corrected chi connectivity index (χ3v) is 6.88. The summed E-state index contributed by atoms with van der Waals surface area (Å²) in [6.45, 7) is 3.88. The van der Waals surface area contributed by atoms with Crippen LogP contribution in [0.2, 0.25) is 0 Å². The van der Waals surface area contributed by atoms with Gasteiger partial charge in [-0.1, -0.05) is 0 Å². The summed E-state index contributed by atoms with van der Waals surface area (Å²) < 4.78 is 71.4. The average molecular weight is 459 g/mol. The fourth-order valence-electron chi connectivity index (χ4n) is 3.61. The van der Waals surface area contributed by atoms with Gasteiger partial charge in [0, 0.05) is 25.8 Å².